The van der Waals surface area contributed by atoms with Gasteiger partial charge in [0.05, 0.1) is 5.41 Å². The van der Waals surface area contributed by atoms with Gasteiger partial charge in [-0.3, -0.25) is 4.79 Å². The number of nitrogens with zero attached hydrogens (tertiary/aromatic N) is 1. The van der Waals surface area contributed by atoms with Gasteiger partial charge in [0, 0.05) is 17.1 Å². The predicted octanol–water partition coefficient (Wildman–Crippen LogP) is 1.91. The molecule has 88 valence electrons. The summed E-state index contributed by atoms with van der Waals surface area (Å²) in [4.78, 5) is 17.4. The van der Waals surface area contributed by atoms with Gasteiger partial charge in [-0.2, -0.15) is 0 Å². The van der Waals surface area contributed by atoms with Crippen molar-refractivity contribution in [2.45, 2.75) is 39.2 Å². The van der Waals surface area contributed by atoms with Gasteiger partial charge in [-0.25, -0.2) is 4.98 Å². The van der Waals surface area contributed by atoms with E-state index < -0.39 is 5.41 Å². The summed E-state index contributed by atoms with van der Waals surface area (Å²) in [5.74, 6) is 0.00634. The van der Waals surface area contributed by atoms with Crippen LogP contribution in [0.4, 0.5) is 5.13 Å². The maximum atomic E-state index is 12.1. The first kappa shape index (κ1) is 11.5. The van der Waals surface area contributed by atoms with E-state index in [9.17, 15) is 4.79 Å². The Hall–Kier alpha value is -0.940. The normalized spacial score (nSPS) is 29.3. The summed E-state index contributed by atoms with van der Waals surface area (Å²) in [7, 11) is 0. The molecule has 1 fully saturated rings. The molecule has 2 rings (SSSR count). The zero-order valence-corrected chi connectivity index (χ0v) is 10.4. The van der Waals surface area contributed by atoms with Crippen LogP contribution in [0.1, 0.15) is 31.1 Å². The molecule has 3 N–H and O–H groups in total. The van der Waals surface area contributed by atoms with Gasteiger partial charge in [-0.15, -0.1) is 11.3 Å². The highest BCUT2D eigenvalue weighted by molar-refractivity contribution is 7.15. The van der Waals surface area contributed by atoms with E-state index in [1.807, 2.05) is 13.8 Å². The SMILES string of the molecule is Cc1cnc(NC(=O)C2(C)CCCC2N)s1. The Kier molecular flexibility index (Phi) is 2.99. The molecule has 4 nitrogen and oxygen atoms in total. The molecule has 1 aromatic rings. The molecule has 0 bridgehead atoms. The Labute approximate surface area is 99.3 Å². The average Bonchev–Trinajstić information content (AvgIpc) is 2.76. The maximum absolute atomic E-state index is 12.1. The summed E-state index contributed by atoms with van der Waals surface area (Å²) in [6, 6.07) is -0.0337. The number of nitrogens with one attached hydrogen (secondary N) is 1. The molecular formula is C11H17N3OS. The molecule has 0 aromatic carbocycles. The molecule has 2 atom stereocenters. The van der Waals surface area contributed by atoms with E-state index >= 15 is 0 Å². The standard InChI is InChI=1S/C11H17N3OS/c1-7-6-13-10(16-7)14-9(15)11(2)5-3-4-8(11)12/h6,8H,3-5,12H2,1-2H3,(H,13,14,15). The minimum absolute atomic E-state index is 0.00634. The van der Waals surface area contributed by atoms with Crippen molar-refractivity contribution in [1.82, 2.24) is 4.98 Å². The third-order valence-electron chi connectivity index (χ3n) is 3.39. The number of carbonyl (C=O) groups is 1. The van der Waals surface area contributed by atoms with Gasteiger partial charge in [-0.1, -0.05) is 6.42 Å². The molecule has 1 amide bonds. The van der Waals surface area contributed by atoms with Crippen LogP contribution in [0.3, 0.4) is 0 Å². The molecule has 0 radical (unpaired) electrons. The molecule has 1 heterocycles. The highest BCUT2D eigenvalue weighted by atomic mass is 32.1. The predicted molar refractivity (Wildman–Crippen MR) is 65.4 cm³/mol. The highest BCUT2D eigenvalue weighted by Crippen LogP contribution is 2.37. The smallest absolute Gasteiger partial charge is 0.233 e. The molecule has 0 aliphatic heterocycles. The van der Waals surface area contributed by atoms with E-state index in [0.717, 1.165) is 24.1 Å². The van der Waals surface area contributed by atoms with Crippen LogP contribution in [0.15, 0.2) is 6.20 Å². The molecule has 5 heteroatoms. The van der Waals surface area contributed by atoms with E-state index in [0.29, 0.717) is 5.13 Å². The summed E-state index contributed by atoms with van der Waals surface area (Å²) in [6.07, 6.45) is 4.59. The Morgan fingerprint density at radius 2 is 2.50 bits per heavy atom. The molecular weight excluding hydrogens is 222 g/mol. The largest absolute Gasteiger partial charge is 0.327 e. The van der Waals surface area contributed by atoms with Crippen molar-refractivity contribution in [3.63, 3.8) is 0 Å². The van der Waals surface area contributed by atoms with Crippen molar-refractivity contribution in [2.24, 2.45) is 11.1 Å². The molecule has 1 aliphatic rings. The second-order valence-corrected chi connectivity index (χ2v) is 5.88. The summed E-state index contributed by atoms with van der Waals surface area (Å²) in [6.45, 7) is 3.91. The van der Waals surface area contributed by atoms with Crippen LogP contribution in [0, 0.1) is 12.3 Å². The van der Waals surface area contributed by atoms with Crippen LogP contribution in [-0.2, 0) is 4.79 Å². The van der Waals surface area contributed by atoms with Gasteiger partial charge in [0.2, 0.25) is 5.91 Å². The van der Waals surface area contributed by atoms with Crippen molar-refractivity contribution >= 4 is 22.4 Å². The first-order valence-electron chi connectivity index (χ1n) is 5.52. The zero-order chi connectivity index (χ0) is 11.8. The molecule has 2 unspecified atom stereocenters. The average molecular weight is 239 g/mol. The van der Waals surface area contributed by atoms with Gasteiger partial charge >= 0.3 is 0 Å². The minimum atomic E-state index is -0.431. The van der Waals surface area contributed by atoms with Gasteiger partial charge in [0.1, 0.15) is 0 Å². The van der Waals surface area contributed by atoms with E-state index in [2.05, 4.69) is 10.3 Å². The lowest BCUT2D eigenvalue weighted by atomic mass is 9.84. The van der Waals surface area contributed by atoms with Crippen molar-refractivity contribution in [3.05, 3.63) is 11.1 Å². The van der Waals surface area contributed by atoms with Crippen LogP contribution in [0.25, 0.3) is 0 Å². The number of rotatable bonds is 2. The van der Waals surface area contributed by atoms with Crippen molar-refractivity contribution in [2.75, 3.05) is 5.32 Å². The summed E-state index contributed by atoms with van der Waals surface area (Å²) in [5, 5.41) is 3.53. The third-order valence-corrected chi connectivity index (χ3v) is 4.22. The first-order chi connectivity index (χ1) is 7.52. The van der Waals surface area contributed by atoms with Crippen LogP contribution >= 0.6 is 11.3 Å². The van der Waals surface area contributed by atoms with Gasteiger partial charge < -0.3 is 11.1 Å². The maximum Gasteiger partial charge on any atom is 0.233 e. The minimum Gasteiger partial charge on any atom is -0.327 e. The van der Waals surface area contributed by atoms with Crippen molar-refractivity contribution < 1.29 is 4.79 Å². The topological polar surface area (TPSA) is 68.0 Å². The summed E-state index contributed by atoms with van der Waals surface area (Å²) >= 11 is 1.49. The first-order valence-corrected chi connectivity index (χ1v) is 6.33. The summed E-state index contributed by atoms with van der Waals surface area (Å²) < 4.78 is 0. The number of nitrogens with two attached hydrogens (primary N) is 1. The van der Waals surface area contributed by atoms with Crippen molar-refractivity contribution in [1.29, 1.82) is 0 Å². The van der Waals surface area contributed by atoms with Crippen LogP contribution in [0.5, 0.6) is 0 Å². The van der Waals surface area contributed by atoms with Crippen LogP contribution < -0.4 is 11.1 Å². The van der Waals surface area contributed by atoms with E-state index in [1.54, 1.807) is 6.20 Å². The second-order valence-electron chi connectivity index (χ2n) is 4.65. The molecule has 1 aliphatic carbocycles. The number of aromatic nitrogens is 1. The van der Waals surface area contributed by atoms with Crippen LogP contribution in [0.2, 0.25) is 0 Å². The van der Waals surface area contributed by atoms with E-state index in [4.69, 9.17) is 5.73 Å². The Balaban J connectivity index is 2.08. The lowest BCUT2D eigenvalue weighted by molar-refractivity contribution is -0.125. The van der Waals surface area contributed by atoms with Gasteiger partial charge in [0.15, 0.2) is 5.13 Å². The Morgan fingerprint density at radius 3 is 3.00 bits per heavy atom. The highest BCUT2D eigenvalue weighted by Gasteiger charge is 2.43. The van der Waals surface area contributed by atoms with E-state index in [1.165, 1.54) is 11.3 Å². The number of thiazole rings is 1. The quantitative estimate of drug-likeness (QED) is 0.828. The molecule has 0 saturated heterocycles. The number of amides is 1. The number of carbonyl (C=O) groups excluding carboxylic acids is 1. The fourth-order valence-corrected chi connectivity index (χ4v) is 2.79. The fourth-order valence-electron chi connectivity index (χ4n) is 2.13. The Bertz CT molecular complexity index is 404. The monoisotopic (exact) mass is 239 g/mol. The van der Waals surface area contributed by atoms with Crippen molar-refractivity contribution in [3.8, 4) is 0 Å². The third kappa shape index (κ3) is 1.97. The lowest BCUT2D eigenvalue weighted by Gasteiger charge is -2.26. The Morgan fingerprint density at radius 1 is 1.75 bits per heavy atom. The lowest BCUT2D eigenvalue weighted by Crippen LogP contribution is -2.44. The zero-order valence-electron chi connectivity index (χ0n) is 9.62. The van der Waals surface area contributed by atoms with Gasteiger partial charge in [0.25, 0.3) is 0 Å². The second kappa shape index (κ2) is 4.14. The number of anilines is 1. The van der Waals surface area contributed by atoms with Crippen LogP contribution in [-0.4, -0.2) is 16.9 Å². The fraction of sp³-hybridized carbons (Fsp3) is 0.636. The molecule has 1 aromatic heterocycles. The van der Waals surface area contributed by atoms with Gasteiger partial charge in [-0.05, 0) is 26.7 Å². The van der Waals surface area contributed by atoms with E-state index in [-0.39, 0.29) is 11.9 Å². The molecule has 16 heavy (non-hydrogen) atoms. The number of aryl methyl sites for hydroxylation is 1. The number of hydrogen-bond donors (Lipinski definition) is 2. The molecule has 1 saturated carbocycles. The number of hydrogen-bond acceptors (Lipinski definition) is 4. The molecule has 0 spiro atoms. The summed E-state index contributed by atoms with van der Waals surface area (Å²) in [5.41, 5.74) is 5.56.